The van der Waals surface area contributed by atoms with Crippen LogP contribution in [-0.2, 0) is 22.6 Å². The molecule has 0 spiro atoms. The number of hydrogen-bond donors (Lipinski definition) is 1. The van der Waals surface area contributed by atoms with Crippen LogP contribution in [0.2, 0.25) is 10.0 Å². The summed E-state index contributed by atoms with van der Waals surface area (Å²) in [5.41, 5.74) is 1.20. The van der Waals surface area contributed by atoms with Gasteiger partial charge in [-0.2, -0.15) is 0 Å². The van der Waals surface area contributed by atoms with Gasteiger partial charge in [0.05, 0.1) is 5.02 Å². The normalized spacial score (nSPS) is 14.2. The van der Waals surface area contributed by atoms with Gasteiger partial charge < -0.3 is 15.0 Å². The predicted octanol–water partition coefficient (Wildman–Crippen LogP) is 6.21. The molecule has 1 atom stereocenters. The molecule has 194 valence electrons. The number of benzene rings is 3. The minimum Gasteiger partial charge on any atom is -0.482 e. The van der Waals surface area contributed by atoms with E-state index < -0.39 is 17.8 Å². The fraction of sp³-hybridized carbons (Fsp3) is 0.310. The van der Waals surface area contributed by atoms with E-state index in [0.717, 1.165) is 31.2 Å². The van der Waals surface area contributed by atoms with Crippen LogP contribution in [-0.4, -0.2) is 35.4 Å². The molecule has 0 heterocycles. The quantitative estimate of drug-likeness (QED) is 0.331. The van der Waals surface area contributed by atoms with Crippen molar-refractivity contribution in [3.05, 3.63) is 99.8 Å². The fourth-order valence-electron chi connectivity index (χ4n) is 4.55. The van der Waals surface area contributed by atoms with E-state index in [4.69, 9.17) is 27.9 Å². The van der Waals surface area contributed by atoms with E-state index in [0.29, 0.717) is 16.3 Å². The molecular weight excluding hydrogens is 514 g/mol. The topological polar surface area (TPSA) is 58.6 Å². The Morgan fingerprint density at radius 2 is 1.70 bits per heavy atom. The van der Waals surface area contributed by atoms with Crippen LogP contribution >= 0.6 is 23.2 Å². The number of amides is 2. The molecule has 5 nitrogen and oxygen atoms in total. The van der Waals surface area contributed by atoms with E-state index in [-0.39, 0.29) is 36.5 Å². The molecule has 0 aliphatic heterocycles. The highest BCUT2D eigenvalue weighted by Crippen LogP contribution is 2.28. The van der Waals surface area contributed by atoms with E-state index in [9.17, 15) is 14.0 Å². The molecular formula is C29H29Cl2FN2O3. The summed E-state index contributed by atoms with van der Waals surface area (Å²) in [5.74, 6) is -0.876. The second-order valence-electron chi connectivity index (χ2n) is 9.17. The molecule has 0 bridgehead atoms. The average molecular weight is 543 g/mol. The number of nitrogens with one attached hydrogen (secondary N) is 1. The van der Waals surface area contributed by atoms with Crippen LogP contribution < -0.4 is 10.1 Å². The van der Waals surface area contributed by atoms with E-state index in [1.54, 1.807) is 30.3 Å². The summed E-state index contributed by atoms with van der Waals surface area (Å²) in [6, 6.07) is 19.6. The Bertz CT molecular complexity index is 1220. The first kappa shape index (κ1) is 27.0. The molecule has 3 aromatic rings. The van der Waals surface area contributed by atoms with Crippen molar-refractivity contribution in [2.75, 3.05) is 6.61 Å². The van der Waals surface area contributed by atoms with Crippen molar-refractivity contribution in [2.45, 2.75) is 50.7 Å². The summed E-state index contributed by atoms with van der Waals surface area (Å²) in [4.78, 5) is 28.6. The van der Waals surface area contributed by atoms with E-state index in [2.05, 4.69) is 5.32 Å². The van der Waals surface area contributed by atoms with Gasteiger partial charge in [0.2, 0.25) is 5.91 Å². The van der Waals surface area contributed by atoms with E-state index in [1.807, 2.05) is 30.3 Å². The number of halogens is 3. The second-order valence-corrected chi connectivity index (χ2v) is 10.0. The van der Waals surface area contributed by atoms with Crippen molar-refractivity contribution >= 4 is 35.0 Å². The predicted molar refractivity (Wildman–Crippen MR) is 143 cm³/mol. The smallest absolute Gasteiger partial charge is 0.261 e. The lowest BCUT2D eigenvalue weighted by Gasteiger charge is -2.32. The molecule has 1 unspecified atom stereocenters. The maximum absolute atomic E-state index is 14.7. The molecule has 0 aromatic heterocycles. The Morgan fingerprint density at radius 1 is 1.00 bits per heavy atom. The lowest BCUT2D eigenvalue weighted by molar-refractivity contribution is -0.143. The molecule has 0 radical (unpaired) electrons. The standard InChI is InChI=1S/C29H29Cl2FN2O3/c30-22-14-15-27(24(31)17-22)37-19-28(35)34(18-21-10-4-7-13-25(21)32)26(16-20-8-2-1-3-9-20)29(36)33-23-11-5-6-12-23/h1-4,7-10,13-15,17,23,26H,5-6,11-12,16,18-19H2,(H,33,36). The lowest BCUT2D eigenvalue weighted by atomic mass is 10.0. The largest absolute Gasteiger partial charge is 0.482 e. The monoisotopic (exact) mass is 542 g/mol. The van der Waals surface area contributed by atoms with E-state index >= 15 is 0 Å². The third kappa shape index (κ3) is 7.46. The molecule has 2 amide bonds. The molecule has 1 aliphatic rings. The van der Waals surface area contributed by atoms with Gasteiger partial charge in [0.15, 0.2) is 6.61 Å². The van der Waals surface area contributed by atoms with Crippen molar-refractivity contribution in [3.8, 4) is 5.75 Å². The first-order chi connectivity index (χ1) is 17.9. The van der Waals surface area contributed by atoms with Crippen molar-refractivity contribution in [3.63, 3.8) is 0 Å². The Balaban J connectivity index is 1.63. The highest BCUT2D eigenvalue weighted by atomic mass is 35.5. The molecule has 1 saturated carbocycles. The number of hydrogen-bond acceptors (Lipinski definition) is 3. The number of nitrogens with zero attached hydrogens (tertiary/aromatic N) is 1. The van der Waals surface area contributed by atoms with Crippen molar-refractivity contribution < 1.29 is 18.7 Å². The molecule has 1 aliphatic carbocycles. The van der Waals surface area contributed by atoms with Gasteiger partial charge in [-0.15, -0.1) is 0 Å². The maximum Gasteiger partial charge on any atom is 0.261 e. The number of ether oxygens (including phenoxy) is 1. The maximum atomic E-state index is 14.7. The highest BCUT2D eigenvalue weighted by molar-refractivity contribution is 6.35. The van der Waals surface area contributed by atoms with Crippen LogP contribution in [0, 0.1) is 5.82 Å². The van der Waals surface area contributed by atoms with Gasteiger partial charge in [0.1, 0.15) is 17.6 Å². The second kappa shape index (κ2) is 12.9. The zero-order valence-corrected chi connectivity index (χ0v) is 21.9. The third-order valence-electron chi connectivity index (χ3n) is 6.52. The van der Waals surface area contributed by atoms with Gasteiger partial charge in [-0.05, 0) is 42.7 Å². The highest BCUT2D eigenvalue weighted by Gasteiger charge is 2.33. The van der Waals surface area contributed by atoms with Crippen molar-refractivity contribution in [1.29, 1.82) is 0 Å². The summed E-state index contributed by atoms with van der Waals surface area (Å²) in [6.07, 6.45) is 4.21. The van der Waals surface area contributed by atoms with Gasteiger partial charge in [0, 0.05) is 29.6 Å². The summed E-state index contributed by atoms with van der Waals surface area (Å²) >= 11 is 12.2. The van der Waals surface area contributed by atoms with Gasteiger partial charge in [-0.25, -0.2) is 4.39 Å². The van der Waals surface area contributed by atoms with Gasteiger partial charge in [0.25, 0.3) is 5.91 Å². The fourth-order valence-corrected chi connectivity index (χ4v) is 5.01. The molecule has 3 aromatic carbocycles. The molecule has 37 heavy (non-hydrogen) atoms. The van der Waals surface area contributed by atoms with Crippen LogP contribution in [0.15, 0.2) is 72.8 Å². The molecule has 0 saturated heterocycles. The average Bonchev–Trinajstić information content (AvgIpc) is 3.40. The molecule has 4 rings (SSSR count). The van der Waals surface area contributed by atoms with Crippen LogP contribution in [0.25, 0.3) is 0 Å². The lowest BCUT2D eigenvalue weighted by Crippen LogP contribution is -2.53. The van der Waals surface area contributed by atoms with Gasteiger partial charge in [-0.3, -0.25) is 9.59 Å². The van der Waals surface area contributed by atoms with Crippen molar-refractivity contribution in [1.82, 2.24) is 10.2 Å². The van der Waals surface area contributed by atoms with Crippen LogP contribution in [0.1, 0.15) is 36.8 Å². The number of carbonyl (C=O) groups excluding carboxylic acids is 2. The zero-order valence-electron chi connectivity index (χ0n) is 20.3. The minimum absolute atomic E-state index is 0.0697. The minimum atomic E-state index is -0.862. The zero-order chi connectivity index (χ0) is 26.2. The van der Waals surface area contributed by atoms with Crippen molar-refractivity contribution in [2.24, 2.45) is 0 Å². The summed E-state index contributed by atoms with van der Waals surface area (Å²) in [7, 11) is 0. The number of carbonyl (C=O) groups is 2. The Labute approximate surface area is 226 Å². The van der Waals surface area contributed by atoms with Crippen LogP contribution in [0.5, 0.6) is 5.75 Å². The Hall–Kier alpha value is -3.09. The Morgan fingerprint density at radius 3 is 2.41 bits per heavy atom. The molecule has 1 N–H and O–H groups in total. The molecule has 8 heteroatoms. The van der Waals surface area contributed by atoms with Gasteiger partial charge in [-0.1, -0.05) is 84.6 Å². The van der Waals surface area contributed by atoms with Crippen LogP contribution in [0.3, 0.4) is 0 Å². The third-order valence-corrected chi connectivity index (χ3v) is 7.05. The van der Waals surface area contributed by atoms with Gasteiger partial charge >= 0.3 is 0 Å². The first-order valence-corrected chi connectivity index (χ1v) is 13.1. The Kier molecular flexibility index (Phi) is 9.42. The summed E-state index contributed by atoms with van der Waals surface area (Å²) in [6.45, 7) is -0.462. The summed E-state index contributed by atoms with van der Waals surface area (Å²) in [5, 5.41) is 3.83. The number of rotatable bonds is 10. The van der Waals surface area contributed by atoms with Crippen LogP contribution in [0.4, 0.5) is 4.39 Å². The SMILES string of the molecule is O=C(NC1CCCC1)C(Cc1ccccc1)N(Cc1ccccc1F)C(=O)COc1ccc(Cl)cc1Cl. The van der Waals surface area contributed by atoms with E-state index in [1.165, 1.54) is 17.0 Å². The summed E-state index contributed by atoms with van der Waals surface area (Å²) < 4.78 is 20.4. The molecule has 1 fully saturated rings. The first-order valence-electron chi connectivity index (χ1n) is 12.4.